The Morgan fingerprint density at radius 2 is 1.94 bits per heavy atom. The molecule has 11 nitrogen and oxygen atoms in total. The summed E-state index contributed by atoms with van der Waals surface area (Å²) in [5.74, 6) is -1.49. The fraction of sp³-hybridized carbons (Fsp3) is 0.348. The lowest BCUT2D eigenvalue weighted by molar-refractivity contribution is -0.113. The quantitative estimate of drug-likeness (QED) is 0.398. The molecule has 1 atom stereocenters. The molecule has 0 aliphatic carbocycles. The van der Waals surface area contributed by atoms with E-state index in [4.69, 9.17) is 10.2 Å². The van der Waals surface area contributed by atoms with E-state index in [9.17, 15) is 23.1 Å². The van der Waals surface area contributed by atoms with Gasteiger partial charge in [-0.2, -0.15) is 8.42 Å². The first-order valence-corrected chi connectivity index (χ1v) is 12.4. The van der Waals surface area contributed by atoms with Crippen molar-refractivity contribution in [2.45, 2.75) is 39.2 Å². The number of nitrogens with two attached hydrogens (primary N) is 1. The van der Waals surface area contributed by atoms with Gasteiger partial charge in [-0.3, -0.25) is 9.59 Å². The van der Waals surface area contributed by atoms with Crippen molar-refractivity contribution in [1.82, 2.24) is 10.2 Å². The van der Waals surface area contributed by atoms with Gasteiger partial charge in [-0.05, 0) is 36.1 Å². The average molecular weight is 504 g/mol. The maximum atomic E-state index is 12.7. The molecule has 1 aromatic heterocycles. The van der Waals surface area contributed by atoms with Gasteiger partial charge < -0.3 is 30.8 Å². The molecular weight excluding hydrogens is 474 g/mol. The molecule has 5 N–H and O–H groups in total. The molecule has 0 spiro atoms. The summed E-state index contributed by atoms with van der Waals surface area (Å²) in [5.41, 5.74) is 6.10. The second kappa shape index (κ2) is 9.82. The molecule has 2 amide bonds. The molecule has 0 saturated heterocycles. The van der Waals surface area contributed by atoms with Crippen LogP contribution >= 0.6 is 0 Å². The SMILES string of the molecule is CC[C@@H](NC1=NS(=O)(=O)C(C(N)=O)=C1Nc1cccc(C(=O)N(C)C)c1O)c1cc(C(C)C)co1. The number of carbonyl (C=O) groups excluding carboxylic acids is 2. The largest absolute Gasteiger partial charge is 0.505 e. The predicted molar refractivity (Wildman–Crippen MR) is 131 cm³/mol. The number of furan rings is 1. The van der Waals surface area contributed by atoms with Gasteiger partial charge in [-0.25, -0.2) is 0 Å². The molecule has 2 heterocycles. The summed E-state index contributed by atoms with van der Waals surface area (Å²) in [7, 11) is -1.37. The number of aromatic hydroxyl groups is 1. The van der Waals surface area contributed by atoms with Gasteiger partial charge in [0, 0.05) is 14.1 Å². The van der Waals surface area contributed by atoms with E-state index in [0.717, 1.165) is 5.56 Å². The van der Waals surface area contributed by atoms with Crippen molar-refractivity contribution in [1.29, 1.82) is 0 Å². The highest BCUT2D eigenvalue weighted by Crippen LogP contribution is 2.33. The average Bonchev–Trinajstić information content (AvgIpc) is 3.35. The number of sulfonamides is 1. The Kier molecular flexibility index (Phi) is 7.25. The normalized spacial score (nSPS) is 15.7. The Bertz CT molecular complexity index is 1320. The van der Waals surface area contributed by atoms with Gasteiger partial charge in [0.2, 0.25) is 0 Å². The predicted octanol–water partition coefficient (Wildman–Crippen LogP) is 2.40. The monoisotopic (exact) mass is 503 g/mol. The molecule has 0 bridgehead atoms. The van der Waals surface area contributed by atoms with Crippen molar-refractivity contribution in [3.05, 3.63) is 58.0 Å². The van der Waals surface area contributed by atoms with Gasteiger partial charge in [-0.1, -0.05) is 26.8 Å². The Morgan fingerprint density at radius 3 is 2.49 bits per heavy atom. The lowest BCUT2D eigenvalue weighted by Gasteiger charge is -2.19. The zero-order valence-electron chi connectivity index (χ0n) is 20.1. The van der Waals surface area contributed by atoms with Crippen LogP contribution in [-0.4, -0.2) is 50.2 Å². The van der Waals surface area contributed by atoms with E-state index in [0.29, 0.717) is 12.2 Å². The minimum absolute atomic E-state index is 0.00816. The minimum atomic E-state index is -4.42. The molecule has 0 fully saturated rings. The van der Waals surface area contributed by atoms with E-state index in [1.807, 2.05) is 26.8 Å². The number of hydrogen-bond donors (Lipinski definition) is 4. The van der Waals surface area contributed by atoms with Gasteiger partial charge >= 0.3 is 0 Å². The van der Waals surface area contributed by atoms with E-state index >= 15 is 0 Å². The minimum Gasteiger partial charge on any atom is -0.505 e. The number of benzene rings is 1. The molecule has 1 aliphatic rings. The van der Waals surface area contributed by atoms with Crippen LogP contribution in [0.15, 0.2) is 49.9 Å². The van der Waals surface area contributed by atoms with Gasteiger partial charge in [0.25, 0.3) is 21.8 Å². The van der Waals surface area contributed by atoms with Crippen LogP contribution in [0.1, 0.15) is 60.8 Å². The molecule has 35 heavy (non-hydrogen) atoms. The molecule has 2 aromatic rings. The summed E-state index contributed by atoms with van der Waals surface area (Å²) in [6.07, 6.45) is 2.13. The summed E-state index contributed by atoms with van der Waals surface area (Å²) < 4.78 is 34.8. The molecule has 1 aromatic carbocycles. The summed E-state index contributed by atoms with van der Waals surface area (Å²) in [6, 6.07) is 5.73. The van der Waals surface area contributed by atoms with Crippen LogP contribution in [0.25, 0.3) is 0 Å². The highest BCUT2D eigenvalue weighted by molar-refractivity contribution is 7.95. The van der Waals surface area contributed by atoms with Crippen LogP contribution < -0.4 is 16.4 Å². The number of anilines is 1. The van der Waals surface area contributed by atoms with Crippen molar-refractivity contribution in [2.24, 2.45) is 10.1 Å². The number of phenolic OH excluding ortho intramolecular Hbond substituents is 1. The topological polar surface area (TPSA) is 167 Å². The number of primary amides is 1. The third kappa shape index (κ3) is 5.16. The van der Waals surface area contributed by atoms with Crippen LogP contribution in [-0.2, 0) is 14.8 Å². The lowest BCUT2D eigenvalue weighted by Crippen LogP contribution is -2.32. The van der Waals surface area contributed by atoms with Crippen LogP contribution in [0.2, 0.25) is 0 Å². The Labute approximate surface area is 203 Å². The van der Waals surface area contributed by atoms with E-state index < -0.39 is 38.5 Å². The summed E-state index contributed by atoms with van der Waals surface area (Å²) >= 11 is 0. The summed E-state index contributed by atoms with van der Waals surface area (Å²) in [6.45, 7) is 5.90. The Morgan fingerprint density at radius 1 is 1.26 bits per heavy atom. The molecule has 0 saturated carbocycles. The Hall–Kier alpha value is -3.80. The first-order valence-electron chi connectivity index (χ1n) is 10.9. The van der Waals surface area contributed by atoms with Crippen molar-refractivity contribution in [3.8, 4) is 5.75 Å². The first kappa shape index (κ1) is 25.8. The molecule has 0 radical (unpaired) electrons. The van der Waals surface area contributed by atoms with Crippen LogP contribution in [0.3, 0.4) is 0 Å². The third-order valence-corrected chi connectivity index (χ3v) is 6.80. The van der Waals surface area contributed by atoms with Crippen LogP contribution in [0.4, 0.5) is 5.69 Å². The first-order chi connectivity index (χ1) is 16.4. The summed E-state index contributed by atoms with van der Waals surface area (Å²) in [5, 5.41) is 16.4. The third-order valence-electron chi connectivity index (χ3n) is 5.46. The standard InChI is InChI=1S/C23H29N5O6S/c1-6-15(17-10-13(11-34-17)12(2)3)26-22-18(20(21(24)30)35(32,33)27-22)25-16-9-7-8-14(19(16)29)23(31)28(4)5/h7-12,15,25,29H,6H2,1-5H3,(H2,24,30)(H,26,27)/t15-/m1/s1. The van der Waals surface area contributed by atoms with Gasteiger partial charge in [0.05, 0.1) is 23.6 Å². The van der Waals surface area contributed by atoms with Gasteiger partial charge in [0.15, 0.2) is 16.5 Å². The smallest absolute Gasteiger partial charge is 0.292 e. The number of rotatable bonds is 8. The molecule has 1 aliphatic heterocycles. The van der Waals surface area contributed by atoms with Crippen molar-refractivity contribution in [2.75, 3.05) is 19.4 Å². The van der Waals surface area contributed by atoms with E-state index in [2.05, 4.69) is 15.0 Å². The fourth-order valence-electron chi connectivity index (χ4n) is 3.50. The number of carbonyl (C=O) groups is 2. The highest BCUT2D eigenvalue weighted by Gasteiger charge is 2.38. The second-order valence-electron chi connectivity index (χ2n) is 8.55. The number of para-hydroxylation sites is 1. The van der Waals surface area contributed by atoms with Gasteiger partial charge in [-0.15, -0.1) is 4.40 Å². The number of phenols is 1. The van der Waals surface area contributed by atoms with E-state index in [-0.39, 0.29) is 28.7 Å². The molecule has 12 heteroatoms. The number of amides is 2. The van der Waals surface area contributed by atoms with Crippen molar-refractivity contribution < 1.29 is 27.5 Å². The molecular formula is C23H29N5O6S. The zero-order chi connectivity index (χ0) is 26.1. The van der Waals surface area contributed by atoms with Gasteiger partial charge in [0.1, 0.15) is 11.5 Å². The maximum absolute atomic E-state index is 12.7. The van der Waals surface area contributed by atoms with E-state index in [1.165, 1.54) is 37.2 Å². The fourth-order valence-corrected chi connectivity index (χ4v) is 4.63. The molecule has 3 rings (SSSR count). The highest BCUT2D eigenvalue weighted by atomic mass is 32.2. The lowest BCUT2D eigenvalue weighted by atomic mass is 10.1. The Balaban J connectivity index is 2.04. The summed E-state index contributed by atoms with van der Waals surface area (Å²) in [4.78, 5) is 25.0. The number of amidine groups is 1. The maximum Gasteiger partial charge on any atom is 0.292 e. The van der Waals surface area contributed by atoms with Crippen molar-refractivity contribution in [3.63, 3.8) is 0 Å². The number of nitrogens with zero attached hydrogens (tertiary/aromatic N) is 2. The molecule has 0 unspecified atom stereocenters. The number of hydrogen-bond acceptors (Lipinski definition) is 8. The molecule has 188 valence electrons. The number of nitrogens with one attached hydrogen (secondary N) is 2. The van der Waals surface area contributed by atoms with Crippen LogP contribution in [0, 0.1) is 0 Å². The zero-order valence-corrected chi connectivity index (χ0v) is 20.9. The van der Waals surface area contributed by atoms with Crippen molar-refractivity contribution >= 4 is 33.4 Å². The second-order valence-corrected chi connectivity index (χ2v) is 10.1. The van der Waals surface area contributed by atoms with E-state index in [1.54, 1.807) is 6.26 Å². The van der Waals surface area contributed by atoms with Crippen LogP contribution in [0.5, 0.6) is 5.75 Å².